The number of rotatable bonds is 5. The van der Waals surface area contributed by atoms with Crippen LogP contribution >= 0.6 is 0 Å². The third-order valence-corrected chi connectivity index (χ3v) is 4.25. The fourth-order valence-corrected chi connectivity index (χ4v) is 3.16. The lowest BCUT2D eigenvalue weighted by Gasteiger charge is -2.19. The number of hydrogen-bond donors (Lipinski definition) is 0. The summed E-state index contributed by atoms with van der Waals surface area (Å²) in [6, 6.07) is 8.29. The van der Waals surface area contributed by atoms with E-state index in [9.17, 15) is 23.3 Å². The summed E-state index contributed by atoms with van der Waals surface area (Å²) in [5, 5.41) is 11.6. The number of benzene rings is 1. The quantitative estimate of drug-likeness (QED) is 0.348. The molecule has 0 N–H and O–H groups in total. The van der Waals surface area contributed by atoms with E-state index in [1.54, 1.807) is 37.3 Å². The Kier molecular flexibility index (Phi) is 5.64. The van der Waals surface area contributed by atoms with E-state index >= 15 is 0 Å². The van der Waals surface area contributed by atoms with Crippen LogP contribution in [0, 0.1) is 10.1 Å². The van der Waals surface area contributed by atoms with Crippen molar-refractivity contribution in [3.8, 4) is 0 Å². The molecule has 126 valence electrons. The molecule has 0 saturated carbocycles. The van der Waals surface area contributed by atoms with Crippen molar-refractivity contribution < 1.29 is 22.9 Å². The summed E-state index contributed by atoms with van der Waals surface area (Å²) in [5.41, 5.74) is 0.284. The van der Waals surface area contributed by atoms with Crippen molar-refractivity contribution >= 4 is 21.1 Å². The van der Waals surface area contributed by atoms with E-state index in [0.29, 0.717) is 5.56 Å². The second kappa shape index (κ2) is 7.69. The van der Waals surface area contributed by atoms with Gasteiger partial charge < -0.3 is 4.74 Å². The lowest BCUT2D eigenvalue weighted by Crippen LogP contribution is -2.24. The number of hydrogen-bond acceptors (Lipinski definition) is 6. The Hall–Kier alpha value is -2.74. The van der Waals surface area contributed by atoms with E-state index in [4.69, 9.17) is 4.74 Å². The molecule has 0 fully saturated rings. The molecule has 0 aliphatic heterocycles. The Morgan fingerprint density at radius 1 is 1.25 bits per heavy atom. The summed E-state index contributed by atoms with van der Waals surface area (Å²) in [4.78, 5) is 22.6. The van der Waals surface area contributed by atoms with Crippen molar-refractivity contribution in [3.63, 3.8) is 0 Å². The first-order valence-corrected chi connectivity index (χ1v) is 8.25. The van der Waals surface area contributed by atoms with E-state index < -0.39 is 27.1 Å². The number of allylic oxidation sites excluding steroid dienone is 3. The normalized spacial score (nSPS) is 16.9. The highest BCUT2D eigenvalue weighted by molar-refractivity contribution is 7.73. The molecule has 1 unspecified atom stereocenters. The van der Waals surface area contributed by atoms with Gasteiger partial charge in [-0.05, 0) is 18.6 Å². The maximum Gasteiger partial charge on any atom is 0.310 e. The summed E-state index contributed by atoms with van der Waals surface area (Å²) < 4.78 is 27.9. The van der Waals surface area contributed by atoms with Gasteiger partial charge in [0.25, 0.3) is 5.70 Å². The molecule has 2 rings (SSSR count). The molecule has 0 aromatic heterocycles. The van der Waals surface area contributed by atoms with Crippen LogP contribution in [0.3, 0.4) is 0 Å². The smallest absolute Gasteiger partial charge is 0.310 e. The number of nitrogens with zero attached hydrogens (tertiary/aromatic N) is 1. The van der Waals surface area contributed by atoms with Crippen molar-refractivity contribution in [1.82, 2.24) is 0 Å². The van der Waals surface area contributed by atoms with Crippen molar-refractivity contribution in [2.75, 3.05) is 6.61 Å². The summed E-state index contributed by atoms with van der Waals surface area (Å²) in [6.07, 6.45) is 2.30. The Labute approximate surface area is 139 Å². The summed E-state index contributed by atoms with van der Waals surface area (Å²) in [7, 11) is -2.63. The van der Waals surface area contributed by atoms with Crippen LogP contribution < -0.4 is 0 Å². The van der Waals surface area contributed by atoms with Crippen LogP contribution in [0.5, 0.6) is 0 Å². The second-order valence-electron chi connectivity index (χ2n) is 4.96. The minimum absolute atomic E-state index is 0.111. The molecule has 0 bridgehead atoms. The Bertz CT molecular complexity index is 844. The maximum absolute atomic E-state index is 11.7. The van der Waals surface area contributed by atoms with Gasteiger partial charge >= 0.3 is 5.97 Å². The zero-order chi connectivity index (χ0) is 17.7. The van der Waals surface area contributed by atoms with Crippen LogP contribution in [0.2, 0.25) is 0 Å². The van der Waals surface area contributed by atoms with Gasteiger partial charge in [-0.2, -0.15) is 8.42 Å². The van der Waals surface area contributed by atoms with E-state index in [0.717, 1.165) is 0 Å². The minimum atomic E-state index is -2.63. The van der Waals surface area contributed by atoms with Gasteiger partial charge in [0.1, 0.15) is 5.92 Å². The summed E-state index contributed by atoms with van der Waals surface area (Å²) in [6.45, 7) is 1.80. The van der Waals surface area contributed by atoms with E-state index in [2.05, 4.69) is 0 Å². The topological polar surface area (TPSA) is 104 Å². The van der Waals surface area contributed by atoms with Crippen LogP contribution in [-0.2, 0) is 19.8 Å². The van der Waals surface area contributed by atoms with Crippen molar-refractivity contribution in [3.05, 3.63) is 69.4 Å². The fourth-order valence-electron chi connectivity index (χ4n) is 2.54. The predicted molar refractivity (Wildman–Crippen MR) is 87.5 cm³/mol. The number of nitro groups is 1. The van der Waals surface area contributed by atoms with Gasteiger partial charge in [-0.15, -0.1) is 0 Å². The molecule has 8 heteroatoms. The average molecular weight is 349 g/mol. The van der Waals surface area contributed by atoms with Gasteiger partial charge in [-0.1, -0.05) is 36.4 Å². The molecule has 24 heavy (non-hydrogen) atoms. The molecule has 7 nitrogen and oxygen atoms in total. The van der Waals surface area contributed by atoms with Crippen LogP contribution in [0.25, 0.3) is 0 Å². The molecule has 1 atom stereocenters. The molecule has 1 aliphatic rings. The molecule has 0 spiro atoms. The van der Waals surface area contributed by atoms with Crippen molar-refractivity contribution in [2.24, 2.45) is 0 Å². The van der Waals surface area contributed by atoms with Gasteiger partial charge in [-0.3, -0.25) is 14.9 Å². The maximum atomic E-state index is 11.7. The van der Waals surface area contributed by atoms with Crippen LogP contribution in [0.1, 0.15) is 24.8 Å². The van der Waals surface area contributed by atoms with Crippen molar-refractivity contribution in [2.45, 2.75) is 19.3 Å². The SMILES string of the molecule is CCOC(=O)CC1=C([N+](=O)[O-])C(c2ccccc2)C(=S(=O)=O)C=C1. The monoisotopic (exact) mass is 349 g/mol. The molecule has 0 amide bonds. The Balaban J connectivity index is 2.62. The van der Waals surface area contributed by atoms with Crippen LogP contribution in [0.15, 0.2) is 53.8 Å². The first-order valence-electron chi connectivity index (χ1n) is 7.17. The van der Waals surface area contributed by atoms with Crippen LogP contribution in [-0.4, -0.2) is 30.8 Å². The molecule has 1 aromatic carbocycles. The molecule has 0 saturated heterocycles. The number of esters is 1. The zero-order valence-electron chi connectivity index (χ0n) is 12.8. The summed E-state index contributed by atoms with van der Waals surface area (Å²) >= 11 is 0. The van der Waals surface area contributed by atoms with Gasteiger partial charge in [0.05, 0.1) is 22.8 Å². The van der Waals surface area contributed by atoms with Gasteiger partial charge in [0, 0.05) is 5.57 Å². The first kappa shape index (κ1) is 17.6. The lowest BCUT2D eigenvalue weighted by atomic mass is 9.85. The number of carbonyl (C=O) groups is 1. The largest absolute Gasteiger partial charge is 0.466 e. The predicted octanol–water partition coefficient (Wildman–Crippen LogP) is 1.88. The number of ether oxygens (including phenoxy) is 1. The van der Waals surface area contributed by atoms with Gasteiger partial charge in [-0.25, -0.2) is 0 Å². The average Bonchev–Trinajstić information content (AvgIpc) is 2.54. The Morgan fingerprint density at radius 2 is 1.92 bits per heavy atom. The fraction of sp³-hybridized carbons (Fsp3) is 0.250. The van der Waals surface area contributed by atoms with Crippen LogP contribution in [0.4, 0.5) is 0 Å². The molecule has 0 heterocycles. The van der Waals surface area contributed by atoms with Gasteiger partial charge in [0.2, 0.25) is 10.3 Å². The summed E-state index contributed by atoms with van der Waals surface area (Å²) in [5.74, 6) is -1.66. The molecule has 1 aliphatic carbocycles. The van der Waals surface area contributed by atoms with Crippen molar-refractivity contribution in [1.29, 1.82) is 0 Å². The Morgan fingerprint density at radius 3 is 2.46 bits per heavy atom. The standard InChI is InChI=1S/C16H15NO6S/c1-2-23-14(18)10-12-8-9-13(24(21)22)15(16(12)17(19)20)11-6-4-3-5-7-11/h3-9,15H,2,10H2,1H3. The lowest BCUT2D eigenvalue weighted by molar-refractivity contribution is -0.429. The first-order chi connectivity index (χ1) is 11.5. The minimum Gasteiger partial charge on any atom is -0.466 e. The second-order valence-corrected chi connectivity index (χ2v) is 5.90. The third-order valence-electron chi connectivity index (χ3n) is 3.50. The van der Waals surface area contributed by atoms with E-state index in [1.807, 2.05) is 0 Å². The highest BCUT2D eigenvalue weighted by Crippen LogP contribution is 2.34. The molecular weight excluding hydrogens is 334 g/mol. The van der Waals surface area contributed by atoms with E-state index in [-0.39, 0.29) is 29.2 Å². The van der Waals surface area contributed by atoms with E-state index in [1.165, 1.54) is 12.2 Å². The number of carbonyl (C=O) groups excluding carboxylic acids is 1. The van der Waals surface area contributed by atoms with Gasteiger partial charge in [0.15, 0.2) is 0 Å². The third kappa shape index (κ3) is 3.77. The highest BCUT2D eigenvalue weighted by atomic mass is 32.2. The zero-order valence-corrected chi connectivity index (χ0v) is 13.7. The molecular formula is C16H15NO6S. The molecule has 1 aromatic rings. The highest BCUT2D eigenvalue weighted by Gasteiger charge is 2.37. The molecule has 0 radical (unpaired) electrons.